The van der Waals surface area contributed by atoms with Crippen LogP contribution >= 0.6 is 11.3 Å². The standard InChI is InChI=1S/C16H11NO2S/c18-16(19)14-10-17-15(20-14)13-8-4-7-12(9-13)11-5-2-1-3-6-11/h1-10H,(H,18,19). The van der Waals surface area contributed by atoms with Gasteiger partial charge >= 0.3 is 5.97 Å². The Kier molecular flexibility index (Phi) is 3.31. The van der Waals surface area contributed by atoms with E-state index in [1.54, 1.807) is 0 Å². The van der Waals surface area contributed by atoms with Crippen molar-refractivity contribution in [1.29, 1.82) is 0 Å². The number of hydrogen-bond donors (Lipinski definition) is 1. The van der Waals surface area contributed by atoms with Crippen LogP contribution in [0.2, 0.25) is 0 Å². The summed E-state index contributed by atoms with van der Waals surface area (Å²) in [5, 5.41) is 9.67. The van der Waals surface area contributed by atoms with E-state index in [1.165, 1.54) is 17.5 Å². The van der Waals surface area contributed by atoms with E-state index < -0.39 is 5.97 Å². The maximum absolute atomic E-state index is 10.9. The smallest absolute Gasteiger partial charge is 0.347 e. The Hall–Kier alpha value is -2.46. The zero-order valence-electron chi connectivity index (χ0n) is 10.5. The largest absolute Gasteiger partial charge is 0.477 e. The summed E-state index contributed by atoms with van der Waals surface area (Å²) in [6.07, 6.45) is 1.40. The van der Waals surface area contributed by atoms with E-state index in [9.17, 15) is 4.79 Å². The number of benzene rings is 2. The van der Waals surface area contributed by atoms with E-state index in [4.69, 9.17) is 5.11 Å². The van der Waals surface area contributed by atoms with Crippen LogP contribution in [0, 0.1) is 0 Å². The van der Waals surface area contributed by atoms with Crippen molar-refractivity contribution in [3.63, 3.8) is 0 Å². The van der Waals surface area contributed by atoms with Crippen molar-refractivity contribution in [3.05, 3.63) is 65.7 Å². The normalized spacial score (nSPS) is 10.4. The van der Waals surface area contributed by atoms with E-state index >= 15 is 0 Å². The third-order valence-corrected chi connectivity index (χ3v) is 3.97. The first kappa shape index (κ1) is 12.6. The van der Waals surface area contributed by atoms with Crippen LogP contribution in [0.5, 0.6) is 0 Å². The fraction of sp³-hybridized carbons (Fsp3) is 0. The Bertz CT molecular complexity index is 750. The molecule has 0 saturated heterocycles. The first-order valence-electron chi connectivity index (χ1n) is 6.09. The molecule has 1 N–H and O–H groups in total. The minimum Gasteiger partial charge on any atom is -0.477 e. The molecule has 98 valence electrons. The summed E-state index contributed by atoms with van der Waals surface area (Å²) in [7, 11) is 0. The van der Waals surface area contributed by atoms with Crippen LogP contribution in [-0.4, -0.2) is 16.1 Å². The molecular weight excluding hydrogens is 270 g/mol. The lowest BCUT2D eigenvalue weighted by Crippen LogP contribution is -1.89. The molecule has 3 rings (SSSR count). The quantitative estimate of drug-likeness (QED) is 0.783. The highest BCUT2D eigenvalue weighted by Crippen LogP contribution is 2.29. The molecule has 0 fully saturated rings. The summed E-state index contributed by atoms with van der Waals surface area (Å²) < 4.78 is 0. The fourth-order valence-corrected chi connectivity index (χ4v) is 2.72. The Labute approximate surface area is 120 Å². The number of nitrogens with zero attached hydrogens (tertiary/aromatic N) is 1. The molecule has 1 aromatic heterocycles. The van der Waals surface area contributed by atoms with Gasteiger partial charge in [0.15, 0.2) is 0 Å². The molecule has 0 atom stereocenters. The Morgan fingerprint density at radius 1 is 0.950 bits per heavy atom. The number of carboxylic acid groups (broad SMARTS) is 1. The van der Waals surface area contributed by atoms with Crippen molar-refractivity contribution in [3.8, 4) is 21.7 Å². The van der Waals surface area contributed by atoms with Crippen molar-refractivity contribution in [2.24, 2.45) is 0 Å². The molecule has 0 aliphatic rings. The molecule has 0 radical (unpaired) electrons. The van der Waals surface area contributed by atoms with Gasteiger partial charge in [0.05, 0.1) is 6.20 Å². The zero-order chi connectivity index (χ0) is 13.9. The van der Waals surface area contributed by atoms with Crippen molar-refractivity contribution < 1.29 is 9.90 Å². The minimum atomic E-state index is -0.937. The average Bonchev–Trinajstić information content (AvgIpc) is 2.98. The monoisotopic (exact) mass is 281 g/mol. The number of carbonyl (C=O) groups is 1. The first-order chi connectivity index (χ1) is 9.74. The molecule has 0 amide bonds. The number of rotatable bonds is 3. The predicted molar refractivity (Wildman–Crippen MR) is 79.9 cm³/mol. The summed E-state index contributed by atoms with van der Waals surface area (Å²) in [6.45, 7) is 0. The fourth-order valence-electron chi connectivity index (χ4n) is 1.97. The molecule has 0 saturated carbocycles. The molecule has 3 nitrogen and oxygen atoms in total. The second-order valence-electron chi connectivity index (χ2n) is 4.28. The van der Waals surface area contributed by atoms with Gasteiger partial charge in [-0.25, -0.2) is 9.78 Å². The highest BCUT2D eigenvalue weighted by molar-refractivity contribution is 7.16. The minimum absolute atomic E-state index is 0.255. The van der Waals surface area contributed by atoms with E-state index in [1.807, 2.05) is 54.6 Å². The number of aromatic carboxylic acids is 1. The number of hydrogen-bond acceptors (Lipinski definition) is 3. The number of thiazole rings is 1. The van der Waals surface area contributed by atoms with Gasteiger partial charge < -0.3 is 5.11 Å². The van der Waals surface area contributed by atoms with Gasteiger partial charge in [0.2, 0.25) is 0 Å². The van der Waals surface area contributed by atoms with Crippen LogP contribution in [0.25, 0.3) is 21.7 Å². The van der Waals surface area contributed by atoms with Gasteiger partial charge in [0.25, 0.3) is 0 Å². The van der Waals surface area contributed by atoms with Crippen LogP contribution in [-0.2, 0) is 0 Å². The van der Waals surface area contributed by atoms with Gasteiger partial charge in [-0.2, -0.15) is 0 Å². The SMILES string of the molecule is O=C(O)c1cnc(-c2cccc(-c3ccccc3)c2)s1. The van der Waals surface area contributed by atoms with Crippen LogP contribution < -0.4 is 0 Å². The molecule has 0 bridgehead atoms. The van der Waals surface area contributed by atoms with Crippen LogP contribution in [0.4, 0.5) is 0 Å². The van der Waals surface area contributed by atoms with Gasteiger partial charge in [-0.1, -0.05) is 48.5 Å². The van der Waals surface area contributed by atoms with E-state index in [0.29, 0.717) is 0 Å². The van der Waals surface area contributed by atoms with Crippen molar-refractivity contribution in [2.45, 2.75) is 0 Å². The van der Waals surface area contributed by atoms with Gasteiger partial charge in [-0.15, -0.1) is 11.3 Å². The number of aromatic nitrogens is 1. The maximum atomic E-state index is 10.9. The molecule has 20 heavy (non-hydrogen) atoms. The molecular formula is C16H11NO2S. The Morgan fingerprint density at radius 3 is 2.35 bits per heavy atom. The first-order valence-corrected chi connectivity index (χ1v) is 6.91. The Morgan fingerprint density at radius 2 is 1.65 bits per heavy atom. The van der Waals surface area contributed by atoms with E-state index in [2.05, 4.69) is 4.98 Å². The van der Waals surface area contributed by atoms with Gasteiger partial charge in [0.1, 0.15) is 9.88 Å². The average molecular weight is 281 g/mol. The lowest BCUT2D eigenvalue weighted by atomic mass is 10.0. The molecule has 3 aromatic rings. The summed E-state index contributed by atoms with van der Waals surface area (Å²) in [5.74, 6) is -0.937. The third-order valence-electron chi connectivity index (χ3n) is 2.93. The molecule has 1 heterocycles. The third kappa shape index (κ3) is 2.46. The molecule has 0 aliphatic carbocycles. The summed E-state index contributed by atoms with van der Waals surface area (Å²) in [5.41, 5.74) is 3.16. The van der Waals surface area contributed by atoms with E-state index in [-0.39, 0.29) is 4.88 Å². The lowest BCUT2D eigenvalue weighted by molar-refractivity contribution is 0.0702. The van der Waals surface area contributed by atoms with Crippen molar-refractivity contribution in [1.82, 2.24) is 4.98 Å². The number of carboxylic acids is 1. The summed E-state index contributed by atoms with van der Waals surface area (Å²) >= 11 is 1.19. The van der Waals surface area contributed by atoms with Crippen molar-refractivity contribution >= 4 is 17.3 Å². The van der Waals surface area contributed by atoms with Crippen LogP contribution in [0.1, 0.15) is 9.67 Å². The molecule has 0 unspecified atom stereocenters. The lowest BCUT2D eigenvalue weighted by Gasteiger charge is -2.03. The van der Waals surface area contributed by atoms with Crippen LogP contribution in [0.15, 0.2) is 60.8 Å². The maximum Gasteiger partial charge on any atom is 0.347 e. The molecule has 0 aliphatic heterocycles. The van der Waals surface area contributed by atoms with E-state index in [0.717, 1.165) is 21.7 Å². The summed E-state index contributed by atoms with van der Waals surface area (Å²) in [6, 6.07) is 18.0. The van der Waals surface area contributed by atoms with Crippen LogP contribution in [0.3, 0.4) is 0 Å². The zero-order valence-corrected chi connectivity index (χ0v) is 11.3. The molecule has 2 aromatic carbocycles. The molecule has 0 spiro atoms. The predicted octanol–water partition coefficient (Wildman–Crippen LogP) is 4.18. The summed E-state index contributed by atoms with van der Waals surface area (Å²) in [4.78, 5) is 15.3. The second kappa shape index (κ2) is 5.27. The highest BCUT2D eigenvalue weighted by Gasteiger charge is 2.10. The Balaban J connectivity index is 2.01. The van der Waals surface area contributed by atoms with Gasteiger partial charge in [-0.05, 0) is 17.2 Å². The molecule has 4 heteroatoms. The van der Waals surface area contributed by atoms with Gasteiger partial charge in [-0.3, -0.25) is 0 Å². The highest BCUT2D eigenvalue weighted by atomic mass is 32.1. The van der Waals surface area contributed by atoms with Crippen molar-refractivity contribution in [2.75, 3.05) is 0 Å². The van der Waals surface area contributed by atoms with Gasteiger partial charge in [0, 0.05) is 5.56 Å². The second-order valence-corrected chi connectivity index (χ2v) is 5.31. The topological polar surface area (TPSA) is 50.2 Å².